The van der Waals surface area contributed by atoms with Crippen molar-refractivity contribution in [1.82, 2.24) is 5.32 Å². The molecule has 0 fully saturated rings. The average Bonchev–Trinajstić information content (AvgIpc) is 2.59. The van der Waals surface area contributed by atoms with Crippen molar-refractivity contribution in [1.29, 1.82) is 0 Å². The second kappa shape index (κ2) is 5.19. The van der Waals surface area contributed by atoms with Gasteiger partial charge in [0.2, 0.25) is 0 Å². The van der Waals surface area contributed by atoms with Crippen LogP contribution in [0.3, 0.4) is 0 Å². The van der Waals surface area contributed by atoms with Gasteiger partial charge in [-0.05, 0) is 18.6 Å². The molecule has 2 rings (SSSR count). The molecule has 1 aromatic carbocycles. The molecular weight excluding hydrogens is 218 g/mol. The molecule has 1 aliphatic rings. The summed E-state index contributed by atoms with van der Waals surface area (Å²) in [5.74, 6) is 0.442. The number of esters is 1. The molecule has 1 aromatic rings. The van der Waals surface area contributed by atoms with Crippen LogP contribution in [0.4, 0.5) is 0 Å². The van der Waals surface area contributed by atoms with Gasteiger partial charge in [-0.15, -0.1) is 0 Å². The van der Waals surface area contributed by atoms with Gasteiger partial charge >= 0.3 is 5.97 Å². The van der Waals surface area contributed by atoms with E-state index in [2.05, 4.69) is 12.2 Å². The summed E-state index contributed by atoms with van der Waals surface area (Å²) in [6.45, 7) is 3.53. The summed E-state index contributed by atoms with van der Waals surface area (Å²) >= 11 is 0. The van der Waals surface area contributed by atoms with E-state index in [0.717, 1.165) is 24.3 Å². The van der Waals surface area contributed by atoms with Gasteiger partial charge in [-0.1, -0.05) is 13.0 Å². The predicted octanol–water partition coefficient (Wildman–Crippen LogP) is 1.73. The highest BCUT2D eigenvalue weighted by Crippen LogP contribution is 2.23. The first-order chi connectivity index (χ1) is 8.24. The van der Waals surface area contributed by atoms with Crippen molar-refractivity contribution < 1.29 is 14.3 Å². The van der Waals surface area contributed by atoms with Crippen LogP contribution >= 0.6 is 0 Å². The van der Waals surface area contributed by atoms with E-state index in [4.69, 9.17) is 9.47 Å². The molecule has 4 heteroatoms. The second-order valence-corrected chi connectivity index (χ2v) is 4.11. The molecule has 1 aliphatic heterocycles. The Morgan fingerprint density at radius 1 is 1.59 bits per heavy atom. The molecule has 0 radical (unpaired) electrons. The molecule has 1 heterocycles. The lowest BCUT2D eigenvalue weighted by atomic mass is 10.1. The molecule has 1 unspecified atom stereocenters. The number of hydrogen-bond acceptors (Lipinski definition) is 4. The van der Waals surface area contributed by atoms with E-state index in [9.17, 15) is 4.79 Å². The van der Waals surface area contributed by atoms with Crippen molar-refractivity contribution >= 4 is 5.97 Å². The van der Waals surface area contributed by atoms with E-state index in [0.29, 0.717) is 18.2 Å². The lowest BCUT2D eigenvalue weighted by molar-refractivity contribution is 0.0600. The Morgan fingerprint density at radius 3 is 3.12 bits per heavy atom. The highest BCUT2D eigenvalue weighted by atomic mass is 16.5. The monoisotopic (exact) mass is 235 g/mol. The standard InChI is InChI=1S/C13H17NO3/c1-3-11-8-17-12-6-9(13(15)16-2)4-5-10(12)7-14-11/h4-6,11,14H,3,7-8H2,1-2H3. The minimum Gasteiger partial charge on any atom is -0.492 e. The van der Waals surface area contributed by atoms with Gasteiger partial charge in [-0.25, -0.2) is 4.79 Å². The topological polar surface area (TPSA) is 47.6 Å². The van der Waals surface area contributed by atoms with Crippen LogP contribution in [0.15, 0.2) is 18.2 Å². The molecule has 0 saturated heterocycles. The molecule has 0 spiro atoms. The third kappa shape index (κ3) is 2.58. The number of nitrogens with one attached hydrogen (secondary N) is 1. The van der Waals surface area contributed by atoms with Crippen LogP contribution in [0.2, 0.25) is 0 Å². The number of rotatable bonds is 2. The third-order valence-corrected chi connectivity index (χ3v) is 3.00. The number of hydrogen-bond donors (Lipinski definition) is 1. The summed E-state index contributed by atoms with van der Waals surface area (Å²) in [6.07, 6.45) is 1.03. The van der Waals surface area contributed by atoms with E-state index in [1.54, 1.807) is 12.1 Å². The zero-order chi connectivity index (χ0) is 12.3. The van der Waals surface area contributed by atoms with Crippen LogP contribution in [0, 0.1) is 0 Å². The maximum Gasteiger partial charge on any atom is 0.337 e. The summed E-state index contributed by atoms with van der Waals surface area (Å²) in [5.41, 5.74) is 1.61. The number of ether oxygens (including phenoxy) is 2. The van der Waals surface area contributed by atoms with Crippen LogP contribution in [0.5, 0.6) is 5.75 Å². The Balaban J connectivity index is 2.22. The molecule has 1 atom stereocenters. The van der Waals surface area contributed by atoms with Crippen molar-refractivity contribution in [3.8, 4) is 5.75 Å². The Bertz CT molecular complexity index is 417. The zero-order valence-corrected chi connectivity index (χ0v) is 10.2. The van der Waals surface area contributed by atoms with Gasteiger partial charge in [-0.3, -0.25) is 0 Å². The first-order valence-corrected chi connectivity index (χ1v) is 5.82. The van der Waals surface area contributed by atoms with Gasteiger partial charge < -0.3 is 14.8 Å². The molecule has 0 bridgehead atoms. The second-order valence-electron chi connectivity index (χ2n) is 4.11. The van der Waals surface area contributed by atoms with E-state index >= 15 is 0 Å². The van der Waals surface area contributed by atoms with E-state index in [1.165, 1.54) is 7.11 Å². The minimum absolute atomic E-state index is 0.333. The summed E-state index contributed by atoms with van der Waals surface area (Å²) < 4.78 is 10.4. The van der Waals surface area contributed by atoms with Crippen molar-refractivity contribution in [3.05, 3.63) is 29.3 Å². The zero-order valence-electron chi connectivity index (χ0n) is 10.2. The highest BCUT2D eigenvalue weighted by Gasteiger charge is 2.16. The van der Waals surface area contributed by atoms with Crippen LogP contribution in [-0.2, 0) is 11.3 Å². The summed E-state index contributed by atoms with van der Waals surface area (Å²) in [6, 6.07) is 5.79. The Morgan fingerprint density at radius 2 is 2.41 bits per heavy atom. The van der Waals surface area contributed by atoms with E-state index in [1.807, 2.05) is 6.07 Å². The highest BCUT2D eigenvalue weighted by molar-refractivity contribution is 5.89. The molecule has 0 aromatic heterocycles. The van der Waals surface area contributed by atoms with Crippen molar-refractivity contribution in [2.45, 2.75) is 25.9 Å². The first-order valence-electron chi connectivity index (χ1n) is 5.82. The molecule has 1 N–H and O–H groups in total. The van der Waals surface area contributed by atoms with Gasteiger partial charge in [0, 0.05) is 18.2 Å². The SMILES string of the molecule is CCC1COc2cc(C(=O)OC)ccc2CN1. The number of carbonyl (C=O) groups excluding carboxylic acids is 1. The Hall–Kier alpha value is -1.55. The van der Waals surface area contributed by atoms with Gasteiger partial charge in [0.25, 0.3) is 0 Å². The molecule has 0 saturated carbocycles. The smallest absolute Gasteiger partial charge is 0.337 e. The molecule has 0 aliphatic carbocycles. The van der Waals surface area contributed by atoms with Gasteiger partial charge in [0.15, 0.2) is 0 Å². The lowest BCUT2D eigenvalue weighted by Crippen LogP contribution is -2.31. The van der Waals surface area contributed by atoms with E-state index in [-0.39, 0.29) is 5.97 Å². The normalized spacial score (nSPS) is 18.8. The van der Waals surface area contributed by atoms with Crippen molar-refractivity contribution in [2.24, 2.45) is 0 Å². The summed E-state index contributed by atoms with van der Waals surface area (Å²) in [4.78, 5) is 11.4. The third-order valence-electron chi connectivity index (χ3n) is 3.00. The van der Waals surface area contributed by atoms with Crippen molar-refractivity contribution in [2.75, 3.05) is 13.7 Å². The quantitative estimate of drug-likeness (QED) is 0.793. The summed E-state index contributed by atoms with van der Waals surface area (Å²) in [7, 11) is 1.38. The van der Waals surface area contributed by atoms with Crippen LogP contribution in [0.25, 0.3) is 0 Å². The summed E-state index contributed by atoms with van der Waals surface area (Å²) in [5, 5.41) is 3.41. The van der Waals surface area contributed by atoms with Gasteiger partial charge in [0.1, 0.15) is 12.4 Å². The van der Waals surface area contributed by atoms with E-state index < -0.39 is 0 Å². The molecule has 4 nitrogen and oxygen atoms in total. The van der Waals surface area contributed by atoms with Crippen LogP contribution in [0.1, 0.15) is 29.3 Å². The molecule has 17 heavy (non-hydrogen) atoms. The van der Waals surface area contributed by atoms with Crippen LogP contribution in [-0.4, -0.2) is 25.7 Å². The average molecular weight is 235 g/mol. The molecule has 0 amide bonds. The fraction of sp³-hybridized carbons (Fsp3) is 0.462. The fourth-order valence-corrected chi connectivity index (χ4v) is 1.85. The number of fused-ring (bicyclic) bond motifs is 1. The predicted molar refractivity (Wildman–Crippen MR) is 64.2 cm³/mol. The Kier molecular flexibility index (Phi) is 3.64. The molecule has 92 valence electrons. The largest absolute Gasteiger partial charge is 0.492 e. The maximum absolute atomic E-state index is 11.4. The number of methoxy groups -OCH3 is 1. The fourth-order valence-electron chi connectivity index (χ4n) is 1.85. The Labute approximate surface area is 101 Å². The van der Waals surface area contributed by atoms with Gasteiger partial charge in [-0.2, -0.15) is 0 Å². The number of carbonyl (C=O) groups is 1. The maximum atomic E-state index is 11.4. The number of benzene rings is 1. The van der Waals surface area contributed by atoms with Gasteiger partial charge in [0.05, 0.1) is 12.7 Å². The lowest BCUT2D eigenvalue weighted by Gasteiger charge is -2.11. The van der Waals surface area contributed by atoms with Crippen molar-refractivity contribution in [3.63, 3.8) is 0 Å². The first kappa shape index (κ1) is 11.9. The minimum atomic E-state index is -0.333. The van der Waals surface area contributed by atoms with Crippen LogP contribution < -0.4 is 10.1 Å². The molecular formula is C13H17NO3.